The number of rotatable bonds is 5. The molecule has 0 aromatic heterocycles. The smallest absolute Gasteiger partial charge is 0.138 e. The number of Topliss-reactive ketones (excluding diaryl/α,β-unsaturated/α-hetero) is 1. The standard InChI is InChI=1S/C15H21NOS/c1-2-12-3-5-13(6-4-12)9-15(17)10-14-11-18-8-7-16-14/h3-6,14,16H,2,7-11H2,1H3. The lowest BCUT2D eigenvalue weighted by atomic mass is 10.0. The maximum Gasteiger partial charge on any atom is 0.138 e. The number of benzene rings is 1. The van der Waals surface area contributed by atoms with Crippen molar-refractivity contribution in [3.05, 3.63) is 35.4 Å². The number of nitrogens with one attached hydrogen (secondary N) is 1. The highest BCUT2D eigenvalue weighted by Gasteiger charge is 2.16. The van der Waals surface area contributed by atoms with E-state index in [2.05, 4.69) is 36.5 Å². The molecule has 1 atom stereocenters. The molecule has 98 valence electrons. The largest absolute Gasteiger partial charge is 0.312 e. The van der Waals surface area contributed by atoms with E-state index in [1.807, 2.05) is 11.8 Å². The zero-order valence-electron chi connectivity index (χ0n) is 10.9. The predicted molar refractivity (Wildman–Crippen MR) is 78.3 cm³/mol. The molecule has 1 heterocycles. The van der Waals surface area contributed by atoms with E-state index in [4.69, 9.17) is 0 Å². The van der Waals surface area contributed by atoms with Gasteiger partial charge >= 0.3 is 0 Å². The molecule has 1 aliphatic rings. The van der Waals surface area contributed by atoms with Crippen LogP contribution in [-0.4, -0.2) is 29.9 Å². The summed E-state index contributed by atoms with van der Waals surface area (Å²) in [5.41, 5.74) is 2.47. The van der Waals surface area contributed by atoms with Crippen molar-refractivity contribution in [2.45, 2.75) is 32.2 Å². The van der Waals surface area contributed by atoms with Crippen molar-refractivity contribution in [2.75, 3.05) is 18.1 Å². The summed E-state index contributed by atoms with van der Waals surface area (Å²) in [6.45, 7) is 3.18. The molecule has 1 saturated heterocycles. The first-order valence-electron chi connectivity index (χ1n) is 6.68. The second-order valence-corrected chi connectivity index (χ2v) is 5.97. The van der Waals surface area contributed by atoms with Gasteiger partial charge in [-0.25, -0.2) is 0 Å². The third-order valence-corrected chi connectivity index (χ3v) is 4.44. The molecule has 0 bridgehead atoms. The summed E-state index contributed by atoms with van der Waals surface area (Å²) in [5, 5.41) is 3.41. The van der Waals surface area contributed by atoms with Gasteiger partial charge in [0.15, 0.2) is 0 Å². The fourth-order valence-electron chi connectivity index (χ4n) is 2.22. The maximum atomic E-state index is 12.0. The summed E-state index contributed by atoms with van der Waals surface area (Å²) in [4.78, 5) is 12.0. The third kappa shape index (κ3) is 4.14. The molecule has 2 rings (SSSR count). The Labute approximate surface area is 114 Å². The average Bonchev–Trinajstić information content (AvgIpc) is 2.40. The van der Waals surface area contributed by atoms with Gasteiger partial charge in [-0.15, -0.1) is 0 Å². The molecule has 1 unspecified atom stereocenters. The van der Waals surface area contributed by atoms with Crippen LogP contribution in [0.25, 0.3) is 0 Å². The van der Waals surface area contributed by atoms with Gasteiger partial charge in [0.25, 0.3) is 0 Å². The van der Waals surface area contributed by atoms with E-state index in [0.29, 0.717) is 24.7 Å². The van der Waals surface area contributed by atoms with E-state index in [9.17, 15) is 4.79 Å². The van der Waals surface area contributed by atoms with Crippen LogP contribution in [0.1, 0.15) is 24.5 Å². The zero-order chi connectivity index (χ0) is 12.8. The van der Waals surface area contributed by atoms with Crippen molar-refractivity contribution in [3.63, 3.8) is 0 Å². The van der Waals surface area contributed by atoms with Crippen molar-refractivity contribution in [1.82, 2.24) is 5.32 Å². The van der Waals surface area contributed by atoms with Crippen LogP contribution in [-0.2, 0) is 17.6 Å². The van der Waals surface area contributed by atoms with Crippen molar-refractivity contribution < 1.29 is 4.79 Å². The van der Waals surface area contributed by atoms with Crippen molar-refractivity contribution >= 4 is 17.5 Å². The summed E-state index contributed by atoms with van der Waals surface area (Å²) >= 11 is 1.94. The third-order valence-electron chi connectivity index (χ3n) is 3.31. The first-order chi connectivity index (χ1) is 8.78. The lowest BCUT2D eigenvalue weighted by molar-refractivity contribution is -0.118. The number of ketones is 1. The maximum absolute atomic E-state index is 12.0. The normalized spacial score (nSPS) is 19.7. The highest BCUT2D eigenvalue weighted by Crippen LogP contribution is 2.12. The van der Waals surface area contributed by atoms with Crippen LogP contribution in [0.5, 0.6) is 0 Å². The van der Waals surface area contributed by atoms with E-state index in [-0.39, 0.29) is 0 Å². The van der Waals surface area contributed by atoms with Gasteiger partial charge in [-0.05, 0) is 17.5 Å². The van der Waals surface area contributed by atoms with Crippen molar-refractivity contribution in [2.24, 2.45) is 0 Å². The summed E-state index contributed by atoms with van der Waals surface area (Å²) in [6, 6.07) is 8.79. The number of aryl methyl sites for hydroxylation is 1. The molecule has 1 aliphatic heterocycles. The average molecular weight is 263 g/mol. The van der Waals surface area contributed by atoms with Gasteiger partial charge in [0, 0.05) is 36.9 Å². The Hall–Kier alpha value is -0.800. The molecular formula is C15H21NOS. The monoisotopic (exact) mass is 263 g/mol. The molecule has 1 aromatic carbocycles. The quantitative estimate of drug-likeness (QED) is 0.885. The van der Waals surface area contributed by atoms with Gasteiger partial charge < -0.3 is 5.32 Å². The SMILES string of the molecule is CCc1ccc(CC(=O)CC2CSCCN2)cc1. The molecule has 3 heteroatoms. The second-order valence-electron chi connectivity index (χ2n) is 4.82. The summed E-state index contributed by atoms with van der Waals surface area (Å²) in [5.74, 6) is 2.59. The van der Waals surface area contributed by atoms with Gasteiger partial charge in [-0.1, -0.05) is 31.2 Å². The van der Waals surface area contributed by atoms with E-state index in [0.717, 1.165) is 24.3 Å². The van der Waals surface area contributed by atoms with E-state index in [1.165, 1.54) is 11.3 Å². The number of thioether (sulfide) groups is 1. The lowest BCUT2D eigenvalue weighted by Gasteiger charge is -2.22. The Morgan fingerprint density at radius 1 is 1.33 bits per heavy atom. The number of hydrogen-bond donors (Lipinski definition) is 1. The van der Waals surface area contributed by atoms with E-state index in [1.54, 1.807) is 0 Å². The van der Waals surface area contributed by atoms with Crippen molar-refractivity contribution in [3.8, 4) is 0 Å². The molecule has 0 saturated carbocycles. The zero-order valence-corrected chi connectivity index (χ0v) is 11.8. The first kappa shape index (κ1) is 13.6. The minimum absolute atomic E-state index is 0.347. The number of carbonyl (C=O) groups is 1. The van der Waals surface area contributed by atoms with Crippen LogP contribution < -0.4 is 5.32 Å². The molecule has 2 nitrogen and oxygen atoms in total. The van der Waals surface area contributed by atoms with Gasteiger partial charge in [-0.3, -0.25) is 4.79 Å². The van der Waals surface area contributed by atoms with Gasteiger partial charge in [0.2, 0.25) is 0 Å². The molecule has 0 amide bonds. The topological polar surface area (TPSA) is 29.1 Å². The van der Waals surface area contributed by atoms with E-state index < -0.39 is 0 Å². The van der Waals surface area contributed by atoms with Crippen LogP contribution in [0.3, 0.4) is 0 Å². The Balaban J connectivity index is 1.82. The van der Waals surface area contributed by atoms with Crippen LogP contribution in [0, 0.1) is 0 Å². The molecule has 1 aromatic rings. The Morgan fingerprint density at radius 3 is 2.67 bits per heavy atom. The summed E-state index contributed by atoms with van der Waals surface area (Å²) in [7, 11) is 0. The fourth-order valence-corrected chi connectivity index (χ4v) is 3.17. The Bertz CT molecular complexity index is 382. The molecule has 18 heavy (non-hydrogen) atoms. The number of carbonyl (C=O) groups excluding carboxylic acids is 1. The van der Waals surface area contributed by atoms with E-state index >= 15 is 0 Å². The minimum atomic E-state index is 0.347. The highest BCUT2D eigenvalue weighted by atomic mass is 32.2. The minimum Gasteiger partial charge on any atom is -0.312 e. The predicted octanol–water partition coefficient (Wildman–Crippen LogP) is 2.46. The second kappa shape index (κ2) is 6.95. The lowest BCUT2D eigenvalue weighted by Crippen LogP contribution is -2.39. The van der Waals surface area contributed by atoms with Crippen LogP contribution in [0.2, 0.25) is 0 Å². The van der Waals surface area contributed by atoms with Crippen LogP contribution >= 0.6 is 11.8 Å². The Morgan fingerprint density at radius 2 is 2.06 bits per heavy atom. The molecule has 0 aliphatic carbocycles. The number of hydrogen-bond acceptors (Lipinski definition) is 3. The van der Waals surface area contributed by atoms with Crippen molar-refractivity contribution in [1.29, 1.82) is 0 Å². The molecular weight excluding hydrogens is 242 g/mol. The fraction of sp³-hybridized carbons (Fsp3) is 0.533. The first-order valence-corrected chi connectivity index (χ1v) is 7.84. The molecule has 0 radical (unpaired) electrons. The van der Waals surface area contributed by atoms with Gasteiger partial charge in [0.1, 0.15) is 5.78 Å². The summed E-state index contributed by atoms with van der Waals surface area (Å²) in [6.07, 6.45) is 2.30. The van der Waals surface area contributed by atoms with Crippen LogP contribution in [0.15, 0.2) is 24.3 Å². The van der Waals surface area contributed by atoms with Gasteiger partial charge in [-0.2, -0.15) is 11.8 Å². The molecule has 1 N–H and O–H groups in total. The Kier molecular flexibility index (Phi) is 5.26. The summed E-state index contributed by atoms with van der Waals surface area (Å²) < 4.78 is 0. The molecule has 1 fully saturated rings. The van der Waals surface area contributed by atoms with Crippen LogP contribution in [0.4, 0.5) is 0 Å². The molecule has 0 spiro atoms. The van der Waals surface area contributed by atoms with Gasteiger partial charge in [0.05, 0.1) is 0 Å². The highest BCUT2D eigenvalue weighted by molar-refractivity contribution is 7.99.